The first kappa shape index (κ1) is 11.3. The number of hydrogen-bond acceptors (Lipinski definition) is 2. The number of aromatic nitrogens is 1. The lowest BCUT2D eigenvalue weighted by Crippen LogP contribution is -2.01. The lowest BCUT2D eigenvalue weighted by atomic mass is 10.1. The van der Waals surface area contributed by atoms with Crippen LogP contribution in [0.3, 0.4) is 0 Å². The Morgan fingerprint density at radius 1 is 1.12 bits per heavy atom. The quantitative estimate of drug-likeness (QED) is 0.790. The van der Waals surface area contributed by atoms with Crippen molar-refractivity contribution in [3.8, 4) is 0 Å². The second-order valence-corrected chi connectivity index (χ2v) is 4.58. The van der Waals surface area contributed by atoms with E-state index in [-0.39, 0.29) is 5.78 Å². The third-order valence-electron chi connectivity index (χ3n) is 2.07. The molecule has 1 aromatic carbocycles. The number of carbonyl (C=O) groups is 1. The molecule has 4 heteroatoms. The van der Waals surface area contributed by atoms with E-state index in [0.717, 1.165) is 4.47 Å². The van der Waals surface area contributed by atoms with Crippen molar-refractivity contribution in [2.75, 3.05) is 0 Å². The van der Waals surface area contributed by atoms with E-state index in [9.17, 15) is 4.79 Å². The molecule has 0 aliphatic carbocycles. The molecule has 0 N–H and O–H groups in total. The fraction of sp³-hybridized carbons (Fsp3) is 0. The van der Waals surface area contributed by atoms with Gasteiger partial charge in [-0.05, 0) is 30.3 Å². The van der Waals surface area contributed by atoms with Gasteiger partial charge in [-0.3, -0.25) is 9.78 Å². The first-order valence-corrected chi connectivity index (χ1v) is 5.75. The molecule has 0 bridgehead atoms. The molecule has 2 nitrogen and oxygen atoms in total. The highest BCUT2D eigenvalue weighted by Crippen LogP contribution is 2.21. The summed E-state index contributed by atoms with van der Waals surface area (Å²) < 4.78 is 0.789. The highest BCUT2D eigenvalue weighted by Gasteiger charge is 2.09. The summed E-state index contributed by atoms with van der Waals surface area (Å²) in [4.78, 5) is 15.9. The molecule has 2 rings (SSSR count). The molecule has 0 fully saturated rings. The number of rotatable bonds is 2. The summed E-state index contributed by atoms with van der Waals surface area (Å²) >= 11 is 9.19. The number of ketones is 1. The molecule has 0 aliphatic rings. The predicted molar refractivity (Wildman–Crippen MR) is 66.8 cm³/mol. The van der Waals surface area contributed by atoms with Gasteiger partial charge in [-0.2, -0.15) is 0 Å². The van der Waals surface area contributed by atoms with Gasteiger partial charge in [0.25, 0.3) is 0 Å². The number of halogens is 2. The van der Waals surface area contributed by atoms with Gasteiger partial charge in [-0.1, -0.05) is 27.5 Å². The Labute approximate surface area is 106 Å². The lowest BCUT2D eigenvalue weighted by molar-refractivity contribution is 0.103. The number of hydrogen-bond donors (Lipinski definition) is 0. The summed E-state index contributed by atoms with van der Waals surface area (Å²) in [6, 6.07) is 8.49. The monoisotopic (exact) mass is 295 g/mol. The first-order valence-electron chi connectivity index (χ1n) is 4.57. The van der Waals surface area contributed by atoms with Crippen molar-refractivity contribution in [3.63, 3.8) is 0 Å². The Bertz CT molecular complexity index is 508. The first-order chi connectivity index (χ1) is 7.66. The molecule has 2 aromatic rings. The normalized spacial score (nSPS) is 10.1. The standard InChI is InChI=1S/C12H7BrClNO/c13-10-5-9(6-11(14)7-10)12(16)8-1-3-15-4-2-8/h1-7H. The zero-order valence-electron chi connectivity index (χ0n) is 8.15. The van der Waals surface area contributed by atoms with Gasteiger partial charge in [-0.25, -0.2) is 0 Å². The molecular formula is C12H7BrClNO. The second kappa shape index (κ2) is 4.76. The highest BCUT2D eigenvalue weighted by atomic mass is 79.9. The number of pyridine rings is 1. The van der Waals surface area contributed by atoms with E-state index >= 15 is 0 Å². The molecule has 0 amide bonds. The average molecular weight is 297 g/mol. The number of benzene rings is 1. The van der Waals surface area contributed by atoms with E-state index in [0.29, 0.717) is 16.1 Å². The Kier molecular flexibility index (Phi) is 3.36. The van der Waals surface area contributed by atoms with E-state index in [2.05, 4.69) is 20.9 Å². The molecule has 0 spiro atoms. The summed E-state index contributed by atoms with van der Waals surface area (Å²) in [5.41, 5.74) is 1.16. The molecule has 16 heavy (non-hydrogen) atoms. The van der Waals surface area contributed by atoms with Gasteiger partial charge in [-0.15, -0.1) is 0 Å². The molecule has 1 aromatic heterocycles. The third-order valence-corrected chi connectivity index (χ3v) is 2.74. The largest absolute Gasteiger partial charge is 0.289 e. The maximum Gasteiger partial charge on any atom is 0.193 e. The molecular weight excluding hydrogens is 289 g/mol. The molecule has 0 saturated heterocycles. The zero-order valence-corrected chi connectivity index (χ0v) is 10.5. The molecule has 80 valence electrons. The smallest absolute Gasteiger partial charge is 0.193 e. The van der Waals surface area contributed by atoms with Crippen molar-refractivity contribution in [1.29, 1.82) is 0 Å². The van der Waals surface area contributed by atoms with Crippen LogP contribution in [0.5, 0.6) is 0 Å². The van der Waals surface area contributed by atoms with Crippen molar-refractivity contribution in [2.45, 2.75) is 0 Å². The van der Waals surface area contributed by atoms with Crippen LogP contribution in [-0.4, -0.2) is 10.8 Å². The Morgan fingerprint density at radius 2 is 1.81 bits per heavy atom. The minimum atomic E-state index is -0.0643. The van der Waals surface area contributed by atoms with Gasteiger partial charge in [0.05, 0.1) is 0 Å². The predicted octanol–water partition coefficient (Wildman–Crippen LogP) is 3.73. The van der Waals surface area contributed by atoms with Crippen LogP contribution in [0, 0.1) is 0 Å². The van der Waals surface area contributed by atoms with Gasteiger partial charge < -0.3 is 0 Å². The summed E-state index contributed by atoms with van der Waals surface area (Å²) in [5.74, 6) is -0.0643. The van der Waals surface area contributed by atoms with Crippen LogP contribution in [0.15, 0.2) is 47.2 Å². The van der Waals surface area contributed by atoms with Crippen molar-refractivity contribution in [3.05, 3.63) is 63.3 Å². The van der Waals surface area contributed by atoms with Crippen LogP contribution in [0.1, 0.15) is 15.9 Å². The van der Waals surface area contributed by atoms with E-state index in [1.807, 2.05) is 0 Å². The molecule has 0 aliphatic heterocycles. The molecule has 0 radical (unpaired) electrons. The Morgan fingerprint density at radius 3 is 2.44 bits per heavy atom. The van der Waals surface area contributed by atoms with Crippen LogP contribution in [-0.2, 0) is 0 Å². The minimum absolute atomic E-state index is 0.0643. The van der Waals surface area contributed by atoms with Gasteiger partial charge in [0.1, 0.15) is 0 Å². The fourth-order valence-electron chi connectivity index (χ4n) is 1.35. The van der Waals surface area contributed by atoms with E-state index in [1.165, 1.54) is 0 Å². The number of nitrogens with zero attached hydrogens (tertiary/aromatic N) is 1. The Balaban J connectivity index is 2.42. The topological polar surface area (TPSA) is 30.0 Å². The maximum absolute atomic E-state index is 12.0. The minimum Gasteiger partial charge on any atom is -0.289 e. The highest BCUT2D eigenvalue weighted by molar-refractivity contribution is 9.10. The average Bonchev–Trinajstić information content (AvgIpc) is 2.28. The van der Waals surface area contributed by atoms with Crippen molar-refractivity contribution in [1.82, 2.24) is 4.98 Å². The maximum atomic E-state index is 12.0. The Hall–Kier alpha value is -1.19. The summed E-state index contributed by atoms with van der Waals surface area (Å²) in [5, 5.41) is 0.534. The summed E-state index contributed by atoms with van der Waals surface area (Å²) in [7, 11) is 0. The van der Waals surface area contributed by atoms with Crippen molar-refractivity contribution < 1.29 is 4.79 Å². The van der Waals surface area contributed by atoms with Crippen LogP contribution in [0.2, 0.25) is 5.02 Å². The second-order valence-electron chi connectivity index (χ2n) is 3.22. The summed E-state index contributed by atoms with van der Waals surface area (Å²) in [6.45, 7) is 0. The molecule has 1 heterocycles. The van der Waals surface area contributed by atoms with E-state index < -0.39 is 0 Å². The van der Waals surface area contributed by atoms with Crippen LogP contribution < -0.4 is 0 Å². The van der Waals surface area contributed by atoms with Gasteiger partial charge in [0, 0.05) is 33.0 Å². The zero-order chi connectivity index (χ0) is 11.5. The van der Waals surface area contributed by atoms with Crippen LogP contribution >= 0.6 is 27.5 Å². The van der Waals surface area contributed by atoms with Gasteiger partial charge >= 0.3 is 0 Å². The summed E-state index contributed by atoms with van der Waals surface area (Å²) in [6.07, 6.45) is 3.18. The molecule has 0 saturated carbocycles. The van der Waals surface area contributed by atoms with Gasteiger partial charge in [0.2, 0.25) is 0 Å². The lowest BCUT2D eigenvalue weighted by Gasteiger charge is -2.02. The van der Waals surface area contributed by atoms with Crippen molar-refractivity contribution >= 4 is 33.3 Å². The van der Waals surface area contributed by atoms with E-state index in [4.69, 9.17) is 11.6 Å². The molecule has 0 unspecified atom stereocenters. The number of carbonyl (C=O) groups excluding carboxylic acids is 1. The van der Waals surface area contributed by atoms with E-state index in [1.54, 1.807) is 42.7 Å². The van der Waals surface area contributed by atoms with Crippen LogP contribution in [0.25, 0.3) is 0 Å². The van der Waals surface area contributed by atoms with Crippen molar-refractivity contribution in [2.24, 2.45) is 0 Å². The SMILES string of the molecule is O=C(c1ccncc1)c1cc(Cl)cc(Br)c1. The van der Waals surface area contributed by atoms with Crippen LogP contribution in [0.4, 0.5) is 0 Å². The fourth-order valence-corrected chi connectivity index (χ4v) is 2.22. The third kappa shape index (κ3) is 2.49. The molecule has 0 atom stereocenters. The van der Waals surface area contributed by atoms with Gasteiger partial charge in [0.15, 0.2) is 5.78 Å².